The average molecular weight is 175 g/mol. The van der Waals surface area contributed by atoms with Gasteiger partial charge in [0.15, 0.2) is 0 Å². The Balaban J connectivity index is 2.02. The summed E-state index contributed by atoms with van der Waals surface area (Å²) in [6.07, 6.45) is 0.715. The minimum absolute atomic E-state index is 0.274. The molecule has 0 bridgehead atoms. The first-order valence-corrected chi connectivity index (χ1v) is 4.61. The summed E-state index contributed by atoms with van der Waals surface area (Å²) in [6, 6.07) is 10.5. The number of likely N-dealkylation sites (tertiary alicyclic amines) is 1. The Morgan fingerprint density at radius 1 is 1.38 bits per heavy atom. The van der Waals surface area contributed by atoms with Crippen LogP contribution in [0.4, 0.5) is 0 Å². The third-order valence-corrected chi connectivity index (χ3v) is 2.52. The maximum Gasteiger partial charge on any atom is 0.225 e. The molecule has 0 radical (unpaired) electrons. The number of nitrogens with zero attached hydrogens (tertiary/aromatic N) is 1. The van der Waals surface area contributed by atoms with Crippen LogP contribution >= 0.6 is 0 Å². The zero-order valence-electron chi connectivity index (χ0n) is 7.73. The van der Waals surface area contributed by atoms with Crippen LogP contribution in [0.1, 0.15) is 18.9 Å². The Kier molecular flexibility index (Phi) is 2.05. The molecule has 13 heavy (non-hydrogen) atoms. The minimum atomic E-state index is 0.274. The summed E-state index contributed by atoms with van der Waals surface area (Å²) in [6.45, 7) is 2.85. The molecule has 0 aromatic heterocycles. The van der Waals surface area contributed by atoms with Crippen LogP contribution in [0.5, 0.6) is 0 Å². The van der Waals surface area contributed by atoms with Crippen molar-refractivity contribution >= 4 is 5.91 Å². The highest BCUT2D eigenvalue weighted by Crippen LogP contribution is 2.20. The highest BCUT2D eigenvalue weighted by atomic mass is 16.2. The van der Waals surface area contributed by atoms with E-state index in [-0.39, 0.29) is 5.91 Å². The molecule has 2 heteroatoms. The van der Waals surface area contributed by atoms with Crippen LogP contribution in [0.3, 0.4) is 0 Å². The summed E-state index contributed by atoms with van der Waals surface area (Å²) in [5.41, 5.74) is 1.21. The Morgan fingerprint density at radius 3 is 2.62 bits per heavy atom. The fourth-order valence-corrected chi connectivity index (χ4v) is 1.64. The van der Waals surface area contributed by atoms with Gasteiger partial charge in [0.1, 0.15) is 0 Å². The summed E-state index contributed by atoms with van der Waals surface area (Å²) in [5, 5.41) is 0. The van der Waals surface area contributed by atoms with Crippen LogP contribution in [-0.2, 0) is 11.3 Å². The molecule has 1 aromatic rings. The molecular weight excluding hydrogens is 162 g/mol. The minimum Gasteiger partial charge on any atom is -0.335 e. The maximum atomic E-state index is 11.2. The van der Waals surface area contributed by atoms with Gasteiger partial charge in [0.2, 0.25) is 5.91 Å². The largest absolute Gasteiger partial charge is 0.335 e. The van der Waals surface area contributed by atoms with Crippen LogP contribution in [0.25, 0.3) is 0 Å². The smallest absolute Gasteiger partial charge is 0.225 e. The van der Waals surface area contributed by atoms with Gasteiger partial charge in [-0.2, -0.15) is 0 Å². The van der Waals surface area contributed by atoms with Crippen LogP contribution in [0, 0.1) is 0 Å². The molecule has 0 spiro atoms. The van der Waals surface area contributed by atoms with E-state index in [9.17, 15) is 4.79 Å². The van der Waals surface area contributed by atoms with Gasteiger partial charge in [-0.3, -0.25) is 4.79 Å². The lowest BCUT2D eigenvalue weighted by Crippen LogP contribution is -2.49. The standard InChI is InChI=1S/C11H13NO/c1-9-7-11(13)12(9)8-10-5-3-2-4-6-10/h2-6,9H,7-8H2,1H3/t9-/m0/s1. The van der Waals surface area contributed by atoms with Crippen molar-refractivity contribution in [3.63, 3.8) is 0 Å². The second kappa shape index (κ2) is 3.21. The molecule has 0 aliphatic carbocycles. The molecule has 1 fully saturated rings. The molecule has 2 nitrogen and oxygen atoms in total. The van der Waals surface area contributed by atoms with Gasteiger partial charge < -0.3 is 4.90 Å². The number of amides is 1. The zero-order chi connectivity index (χ0) is 9.26. The molecular formula is C11H13NO. The summed E-state index contributed by atoms with van der Waals surface area (Å²) in [5.74, 6) is 0.274. The van der Waals surface area contributed by atoms with E-state index in [1.54, 1.807) is 0 Å². The van der Waals surface area contributed by atoms with E-state index in [0.717, 1.165) is 6.54 Å². The molecule has 0 unspecified atom stereocenters. The molecule has 1 aromatic carbocycles. The molecule has 2 rings (SSSR count). The molecule has 1 atom stereocenters. The van der Waals surface area contributed by atoms with E-state index in [1.807, 2.05) is 23.1 Å². The van der Waals surface area contributed by atoms with E-state index in [4.69, 9.17) is 0 Å². The molecule has 1 heterocycles. The van der Waals surface area contributed by atoms with Crippen LogP contribution < -0.4 is 0 Å². The fraction of sp³-hybridized carbons (Fsp3) is 0.364. The van der Waals surface area contributed by atoms with Crippen molar-refractivity contribution in [2.24, 2.45) is 0 Å². The van der Waals surface area contributed by atoms with Crippen LogP contribution in [0.2, 0.25) is 0 Å². The maximum absolute atomic E-state index is 11.2. The Morgan fingerprint density at radius 2 is 2.08 bits per heavy atom. The van der Waals surface area contributed by atoms with Gasteiger partial charge in [0.25, 0.3) is 0 Å². The Hall–Kier alpha value is -1.31. The highest BCUT2D eigenvalue weighted by molar-refractivity contribution is 5.82. The first-order valence-electron chi connectivity index (χ1n) is 4.61. The topological polar surface area (TPSA) is 20.3 Å². The quantitative estimate of drug-likeness (QED) is 0.628. The van der Waals surface area contributed by atoms with Crippen molar-refractivity contribution in [1.82, 2.24) is 4.90 Å². The lowest BCUT2D eigenvalue weighted by atomic mass is 10.0. The van der Waals surface area contributed by atoms with Crippen molar-refractivity contribution in [1.29, 1.82) is 0 Å². The van der Waals surface area contributed by atoms with E-state index in [0.29, 0.717) is 12.5 Å². The van der Waals surface area contributed by atoms with Crippen molar-refractivity contribution in [3.05, 3.63) is 35.9 Å². The van der Waals surface area contributed by atoms with E-state index in [2.05, 4.69) is 19.1 Å². The number of hydrogen-bond donors (Lipinski definition) is 0. The first kappa shape index (κ1) is 8.30. The summed E-state index contributed by atoms with van der Waals surface area (Å²) in [4.78, 5) is 13.1. The van der Waals surface area contributed by atoms with Crippen molar-refractivity contribution in [3.8, 4) is 0 Å². The van der Waals surface area contributed by atoms with Gasteiger partial charge in [-0.15, -0.1) is 0 Å². The van der Waals surface area contributed by atoms with Gasteiger partial charge in [0, 0.05) is 19.0 Å². The second-order valence-electron chi connectivity index (χ2n) is 3.56. The highest BCUT2D eigenvalue weighted by Gasteiger charge is 2.31. The number of benzene rings is 1. The summed E-state index contributed by atoms with van der Waals surface area (Å²) >= 11 is 0. The van der Waals surface area contributed by atoms with E-state index < -0.39 is 0 Å². The Bertz CT molecular complexity index is 307. The number of carbonyl (C=O) groups excluding carboxylic acids is 1. The van der Waals surface area contributed by atoms with E-state index >= 15 is 0 Å². The predicted octanol–water partition coefficient (Wildman–Crippen LogP) is 1.81. The van der Waals surface area contributed by atoms with E-state index in [1.165, 1.54) is 5.56 Å². The van der Waals surface area contributed by atoms with Crippen LogP contribution in [-0.4, -0.2) is 16.8 Å². The van der Waals surface area contributed by atoms with Gasteiger partial charge in [-0.05, 0) is 12.5 Å². The molecule has 1 aliphatic heterocycles. The van der Waals surface area contributed by atoms with Gasteiger partial charge in [0.05, 0.1) is 0 Å². The van der Waals surface area contributed by atoms with Crippen molar-refractivity contribution < 1.29 is 4.79 Å². The summed E-state index contributed by atoms with van der Waals surface area (Å²) < 4.78 is 0. The number of β-lactam (4-membered cyclic amide) rings is 1. The lowest BCUT2D eigenvalue weighted by Gasteiger charge is -2.38. The molecule has 1 aliphatic rings. The van der Waals surface area contributed by atoms with Crippen molar-refractivity contribution in [2.75, 3.05) is 0 Å². The average Bonchev–Trinajstić information content (AvgIpc) is 2.16. The molecule has 68 valence electrons. The second-order valence-corrected chi connectivity index (χ2v) is 3.56. The fourth-order valence-electron chi connectivity index (χ4n) is 1.64. The third kappa shape index (κ3) is 1.57. The Labute approximate surface area is 78.2 Å². The monoisotopic (exact) mass is 175 g/mol. The first-order chi connectivity index (χ1) is 6.27. The SMILES string of the molecule is C[C@H]1CC(=O)N1Cc1ccccc1. The molecule has 1 saturated heterocycles. The van der Waals surface area contributed by atoms with Crippen molar-refractivity contribution in [2.45, 2.75) is 25.9 Å². The van der Waals surface area contributed by atoms with Gasteiger partial charge in [-0.1, -0.05) is 30.3 Å². The number of hydrogen-bond acceptors (Lipinski definition) is 1. The van der Waals surface area contributed by atoms with Gasteiger partial charge in [-0.25, -0.2) is 0 Å². The lowest BCUT2D eigenvalue weighted by molar-refractivity contribution is -0.145. The number of rotatable bonds is 2. The molecule has 0 N–H and O–H groups in total. The summed E-state index contributed by atoms with van der Waals surface area (Å²) in [7, 11) is 0. The zero-order valence-corrected chi connectivity index (χ0v) is 7.73. The predicted molar refractivity (Wildman–Crippen MR) is 51.1 cm³/mol. The normalized spacial score (nSPS) is 21.5. The van der Waals surface area contributed by atoms with Gasteiger partial charge >= 0.3 is 0 Å². The molecule has 0 saturated carbocycles. The number of carbonyl (C=O) groups is 1. The van der Waals surface area contributed by atoms with Crippen LogP contribution in [0.15, 0.2) is 30.3 Å². The molecule has 1 amide bonds. The third-order valence-electron chi connectivity index (χ3n) is 2.52.